The number of benzene rings is 1. The van der Waals surface area contributed by atoms with Gasteiger partial charge in [-0.25, -0.2) is 8.78 Å². The molecule has 0 saturated carbocycles. The predicted molar refractivity (Wildman–Crippen MR) is 35.8 cm³/mol. The first-order valence-corrected chi connectivity index (χ1v) is 3.01. The van der Waals surface area contributed by atoms with E-state index in [1.807, 2.05) is 0 Å². The molecule has 0 spiro atoms. The number of hydrogen-bond donors (Lipinski definition) is 0. The van der Waals surface area contributed by atoms with Gasteiger partial charge in [0, 0.05) is 0 Å². The third-order valence-electron chi connectivity index (χ3n) is 1.34. The maximum absolute atomic E-state index is 12.8. The van der Waals surface area contributed by atoms with Crippen LogP contribution >= 0.6 is 0 Å². The van der Waals surface area contributed by atoms with Gasteiger partial charge in [-0.05, 0) is 24.6 Å². The van der Waals surface area contributed by atoms with E-state index in [0.29, 0.717) is 0 Å². The smallest absolute Gasteiger partial charge is 0.144 e. The van der Waals surface area contributed by atoms with E-state index in [1.165, 1.54) is 6.92 Å². The average molecular weight is 153 g/mol. The predicted octanol–water partition coefficient (Wildman–Crippen LogP) is 2.14. The number of halogens is 2. The molecule has 0 aromatic heterocycles. The van der Waals surface area contributed by atoms with Crippen LogP contribution in [0.25, 0.3) is 0 Å². The van der Waals surface area contributed by atoms with Crippen molar-refractivity contribution < 1.29 is 8.78 Å². The van der Waals surface area contributed by atoms with Crippen LogP contribution in [0.4, 0.5) is 8.78 Å². The summed E-state index contributed by atoms with van der Waals surface area (Å²) in [5.41, 5.74) is -0.0935. The van der Waals surface area contributed by atoms with Crippen LogP contribution in [0.1, 0.15) is 11.1 Å². The fourth-order valence-corrected chi connectivity index (χ4v) is 0.807. The molecule has 0 bridgehead atoms. The van der Waals surface area contributed by atoms with E-state index >= 15 is 0 Å². The Morgan fingerprint density at radius 1 is 1.36 bits per heavy atom. The quantitative estimate of drug-likeness (QED) is 0.560. The zero-order valence-corrected chi connectivity index (χ0v) is 5.86. The van der Waals surface area contributed by atoms with Crippen molar-refractivity contribution in [3.05, 3.63) is 34.9 Å². The molecule has 0 unspecified atom stereocenters. The molecule has 3 heteroatoms. The standard InChI is InChI=1S/C8H5F2N/c1-5-2-7(9)3-6(4-11)8(5)10/h2-3H,1H3. The van der Waals surface area contributed by atoms with Gasteiger partial charge in [0.25, 0.3) is 0 Å². The van der Waals surface area contributed by atoms with E-state index < -0.39 is 11.6 Å². The van der Waals surface area contributed by atoms with Crippen LogP contribution < -0.4 is 0 Å². The molecule has 1 aromatic carbocycles. The minimum Gasteiger partial charge on any atom is -0.207 e. The Bertz CT molecular complexity index is 326. The van der Waals surface area contributed by atoms with Crippen LogP contribution in [0.3, 0.4) is 0 Å². The molecule has 0 radical (unpaired) electrons. The summed E-state index contributed by atoms with van der Waals surface area (Å²) in [5.74, 6) is -1.23. The first-order valence-electron chi connectivity index (χ1n) is 3.01. The SMILES string of the molecule is Cc1cc(F)cc(C#N)c1F. The molecule has 0 aliphatic heterocycles. The topological polar surface area (TPSA) is 23.8 Å². The minimum absolute atomic E-state index is 0.154. The summed E-state index contributed by atoms with van der Waals surface area (Å²) in [6.07, 6.45) is 0. The van der Waals surface area contributed by atoms with Gasteiger partial charge in [-0.3, -0.25) is 0 Å². The van der Waals surface area contributed by atoms with Crippen molar-refractivity contribution in [3.8, 4) is 6.07 Å². The highest BCUT2D eigenvalue weighted by atomic mass is 19.1. The van der Waals surface area contributed by atoms with Gasteiger partial charge in [0.1, 0.15) is 17.7 Å². The molecule has 0 aliphatic carbocycles. The normalized spacial score (nSPS) is 9.27. The number of hydrogen-bond acceptors (Lipinski definition) is 1. The van der Waals surface area contributed by atoms with Gasteiger partial charge in [0.05, 0.1) is 5.56 Å². The van der Waals surface area contributed by atoms with Gasteiger partial charge in [-0.15, -0.1) is 0 Å². The Morgan fingerprint density at radius 3 is 2.55 bits per heavy atom. The molecular formula is C8H5F2N. The van der Waals surface area contributed by atoms with Crippen molar-refractivity contribution in [2.75, 3.05) is 0 Å². The lowest BCUT2D eigenvalue weighted by atomic mass is 10.1. The minimum atomic E-state index is -0.645. The lowest BCUT2D eigenvalue weighted by molar-refractivity contribution is 0.589. The monoisotopic (exact) mass is 153 g/mol. The van der Waals surface area contributed by atoms with E-state index in [9.17, 15) is 8.78 Å². The van der Waals surface area contributed by atoms with Crippen molar-refractivity contribution in [1.29, 1.82) is 5.26 Å². The lowest BCUT2D eigenvalue weighted by Gasteiger charge is -1.97. The van der Waals surface area contributed by atoms with Gasteiger partial charge in [-0.2, -0.15) is 5.26 Å². The average Bonchev–Trinajstić information content (AvgIpc) is 1.96. The Hall–Kier alpha value is -1.43. The highest BCUT2D eigenvalue weighted by Gasteiger charge is 2.06. The molecule has 56 valence electrons. The molecule has 1 aromatic rings. The maximum Gasteiger partial charge on any atom is 0.144 e. The van der Waals surface area contributed by atoms with Crippen molar-refractivity contribution in [2.24, 2.45) is 0 Å². The Morgan fingerprint density at radius 2 is 2.00 bits per heavy atom. The van der Waals surface area contributed by atoms with Crippen LogP contribution in [0.5, 0.6) is 0 Å². The Balaban J connectivity index is 3.39. The van der Waals surface area contributed by atoms with E-state index in [4.69, 9.17) is 5.26 Å². The molecule has 0 N–H and O–H groups in total. The third kappa shape index (κ3) is 1.35. The summed E-state index contributed by atoms with van der Waals surface area (Å²) < 4.78 is 25.3. The highest BCUT2D eigenvalue weighted by Crippen LogP contribution is 2.13. The van der Waals surface area contributed by atoms with Crippen molar-refractivity contribution in [2.45, 2.75) is 6.92 Å². The number of nitriles is 1. The molecule has 1 nitrogen and oxygen atoms in total. The molecule has 0 fully saturated rings. The second-order valence-electron chi connectivity index (χ2n) is 2.20. The summed E-state index contributed by atoms with van der Waals surface area (Å²) in [5, 5.41) is 8.31. The molecule has 0 atom stereocenters. The third-order valence-corrected chi connectivity index (χ3v) is 1.34. The van der Waals surface area contributed by atoms with Gasteiger partial charge >= 0.3 is 0 Å². The lowest BCUT2D eigenvalue weighted by Crippen LogP contribution is -1.90. The van der Waals surface area contributed by atoms with Gasteiger partial charge in [0.15, 0.2) is 0 Å². The van der Waals surface area contributed by atoms with Crippen molar-refractivity contribution in [3.63, 3.8) is 0 Å². The largest absolute Gasteiger partial charge is 0.207 e. The van der Waals surface area contributed by atoms with Crippen LogP contribution in [0.15, 0.2) is 12.1 Å². The number of rotatable bonds is 0. The summed E-state index contributed by atoms with van der Waals surface area (Å²) >= 11 is 0. The van der Waals surface area contributed by atoms with E-state index in [2.05, 4.69) is 0 Å². The number of nitrogens with zero attached hydrogens (tertiary/aromatic N) is 1. The second kappa shape index (κ2) is 2.67. The Kier molecular flexibility index (Phi) is 1.86. The van der Waals surface area contributed by atoms with Gasteiger partial charge < -0.3 is 0 Å². The van der Waals surface area contributed by atoms with Crippen LogP contribution in [-0.4, -0.2) is 0 Å². The van der Waals surface area contributed by atoms with Crippen LogP contribution in [0, 0.1) is 29.9 Å². The van der Waals surface area contributed by atoms with Crippen molar-refractivity contribution >= 4 is 0 Å². The second-order valence-corrected chi connectivity index (χ2v) is 2.20. The summed E-state index contributed by atoms with van der Waals surface area (Å²) in [7, 11) is 0. The van der Waals surface area contributed by atoms with Crippen LogP contribution in [0.2, 0.25) is 0 Å². The first-order chi connectivity index (χ1) is 5.15. The molecule has 0 heterocycles. The number of aryl methyl sites for hydroxylation is 1. The first kappa shape index (κ1) is 7.67. The highest BCUT2D eigenvalue weighted by molar-refractivity contribution is 5.34. The summed E-state index contributed by atoms with van der Waals surface area (Å²) in [4.78, 5) is 0. The molecule has 0 amide bonds. The molecular weight excluding hydrogens is 148 g/mol. The van der Waals surface area contributed by atoms with Crippen molar-refractivity contribution in [1.82, 2.24) is 0 Å². The van der Waals surface area contributed by atoms with E-state index in [1.54, 1.807) is 6.07 Å². The molecule has 1 rings (SSSR count). The summed E-state index contributed by atoms with van der Waals surface area (Å²) in [6.45, 7) is 1.42. The molecule has 11 heavy (non-hydrogen) atoms. The van der Waals surface area contributed by atoms with Crippen LogP contribution in [-0.2, 0) is 0 Å². The zero-order chi connectivity index (χ0) is 8.43. The molecule has 0 aliphatic rings. The Labute approximate surface area is 62.9 Å². The van der Waals surface area contributed by atoms with E-state index in [-0.39, 0.29) is 11.1 Å². The van der Waals surface area contributed by atoms with E-state index in [0.717, 1.165) is 12.1 Å². The van der Waals surface area contributed by atoms with Gasteiger partial charge in [-0.1, -0.05) is 0 Å². The molecule has 0 saturated heterocycles. The summed E-state index contributed by atoms with van der Waals surface area (Å²) in [6, 6.07) is 3.49. The fraction of sp³-hybridized carbons (Fsp3) is 0.125. The fourth-order valence-electron chi connectivity index (χ4n) is 0.807. The maximum atomic E-state index is 12.8. The zero-order valence-electron chi connectivity index (χ0n) is 5.86. The van der Waals surface area contributed by atoms with Gasteiger partial charge in [0.2, 0.25) is 0 Å².